The molecule has 1 atom stereocenters. The molecule has 0 saturated carbocycles. The zero-order valence-corrected chi connectivity index (χ0v) is 10.2. The first-order chi connectivity index (χ1) is 8.70. The second-order valence-corrected chi connectivity index (χ2v) is 4.20. The second-order valence-electron chi connectivity index (χ2n) is 4.20. The first-order valence-corrected chi connectivity index (χ1v) is 5.85. The van der Waals surface area contributed by atoms with Crippen molar-refractivity contribution in [3.8, 4) is 11.3 Å². The molecule has 1 unspecified atom stereocenters. The predicted molar refractivity (Wildman–Crippen MR) is 70.3 cm³/mol. The number of nitrogens with one attached hydrogen (secondary N) is 2. The summed E-state index contributed by atoms with van der Waals surface area (Å²) in [7, 11) is 0. The number of nitrogens with zero attached hydrogens (tertiary/aromatic N) is 1. The van der Waals surface area contributed by atoms with Crippen molar-refractivity contribution in [1.82, 2.24) is 10.2 Å². The number of aromatic amines is 1. The maximum absolute atomic E-state index is 9.35. The van der Waals surface area contributed by atoms with E-state index in [-0.39, 0.29) is 6.61 Å². The topological polar surface area (TPSA) is 81.2 Å². The molecule has 0 spiro atoms. The minimum atomic E-state index is -0.765. The number of aliphatic hydroxyl groups is 2. The molecule has 5 heteroatoms. The van der Waals surface area contributed by atoms with Crippen LogP contribution in [0.3, 0.4) is 0 Å². The van der Waals surface area contributed by atoms with Gasteiger partial charge in [0.2, 0.25) is 0 Å². The Labute approximate surface area is 105 Å². The number of benzene rings is 1. The molecule has 96 valence electrons. The van der Waals surface area contributed by atoms with Crippen molar-refractivity contribution in [3.63, 3.8) is 0 Å². The third-order valence-corrected chi connectivity index (χ3v) is 2.65. The van der Waals surface area contributed by atoms with Crippen molar-refractivity contribution in [3.05, 3.63) is 36.0 Å². The minimum absolute atomic E-state index is 0.253. The van der Waals surface area contributed by atoms with Gasteiger partial charge in [-0.2, -0.15) is 5.10 Å². The van der Waals surface area contributed by atoms with E-state index in [4.69, 9.17) is 5.11 Å². The molecule has 0 amide bonds. The van der Waals surface area contributed by atoms with Crippen molar-refractivity contribution >= 4 is 5.69 Å². The molecule has 1 aromatic heterocycles. The maximum Gasteiger partial charge on any atom is 0.0944 e. The molecule has 4 N–H and O–H groups in total. The lowest BCUT2D eigenvalue weighted by Gasteiger charge is -2.13. The molecule has 18 heavy (non-hydrogen) atoms. The Balaban J connectivity index is 2.20. The van der Waals surface area contributed by atoms with Gasteiger partial charge in [-0.05, 0) is 19.1 Å². The molecule has 1 heterocycles. The van der Waals surface area contributed by atoms with Crippen molar-refractivity contribution in [2.45, 2.75) is 13.0 Å². The number of aromatic nitrogens is 2. The van der Waals surface area contributed by atoms with Crippen LogP contribution in [0.15, 0.2) is 30.3 Å². The molecule has 1 aromatic carbocycles. The van der Waals surface area contributed by atoms with Crippen LogP contribution in [0.2, 0.25) is 0 Å². The minimum Gasteiger partial charge on any atom is -0.394 e. The maximum atomic E-state index is 9.35. The summed E-state index contributed by atoms with van der Waals surface area (Å²) in [5.41, 5.74) is 3.70. The van der Waals surface area contributed by atoms with E-state index in [0.717, 1.165) is 22.6 Å². The smallest absolute Gasteiger partial charge is 0.0944 e. The van der Waals surface area contributed by atoms with E-state index in [1.165, 1.54) is 0 Å². The zero-order valence-electron chi connectivity index (χ0n) is 10.2. The van der Waals surface area contributed by atoms with Gasteiger partial charge >= 0.3 is 0 Å². The highest BCUT2D eigenvalue weighted by Gasteiger charge is 2.08. The summed E-state index contributed by atoms with van der Waals surface area (Å²) in [6.07, 6.45) is -0.765. The van der Waals surface area contributed by atoms with Gasteiger partial charge in [-0.25, -0.2) is 0 Å². The van der Waals surface area contributed by atoms with Crippen molar-refractivity contribution in [2.24, 2.45) is 0 Å². The Morgan fingerprint density at radius 2 is 2.17 bits per heavy atom. The highest BCUT2D eigenvalue weighted by atomic mass is 16.3. The average Bonchev–Trinajstić information content (AvgIpc) is 2.83. The Kier molecular flexibility index (Phi) is 3.96. The lowest BCUT2D eigenvalue weighted by atomic mass is 10.1. The van der Waals surface area contributed by atoms with Crippen LogP contribution in [0.25, 0.3) is 11.3 Å². The van der Waals surface area contributed by atoms with E-state index in [0.29, 0.717) is 6.54 Å². The molecular weight excluding hydrogens is 230 g/mol. The van der Waals surface area contributed by atoms with Crippen molar-refractivity contribution in [2.75, 3.05) is 18.5 Å². The number of rotatable bonds is 5. The number of anilines is 1. The summed E-state index contributed by atoms with van der Waals surface area (Å²) in [6, 6.07) is 9.69. The number of H-pyrrole nitrogens is 1. The third kappa shape index (κ3) is 2.88. The largest absolute Gasteiger partial charge is 0.394 e. The molecule has 0 radical (unpaired) electrons. The SMILES string of the molecule is Cc1cc(-c2ccccc2NCC(O)CO)n[nH]1. The Morgan fingerprint density at radius 1 is 1.39 bits per heavy atom. The van der Waals surface area contributed by atoms with Crippen molar-refractivity contribution in [1.29, 1.82) is 0 Å². The Hall–Kier alpha value is -1.85. The summed E-state index contributed by atoms with van der Waals surface area (Å²) in [5, 5.41) is 28.4. The third-order valence-electron chi connectivity index (χ3n) is 2.65. The van der Waals surface area contributed by atoms with Crippen molar-refractivity contribution < 1.29 is 10.2 Å². The Morgan fingerprint density at radius 3 is 2.83 bits per heavy atom. The van der Waals surface area contributed by atoms with E-state index >= 15 is 0 Å². The van der Waals surface area contributed by atoms with Crippen LogP contribution in [0.1, 0.15) is 5.69 Å². The van der Waals surface area contributed by atoms with Crippen LogP contribution in [-0.2, 0) is 0 Å². The molecule has 5 nitrogen and oxygen atoms in total. The summed E-state index contributed by atoms with van der Waals surface area (Å²) in [4.78, 5) is 0. The van der Waals surface area contributed by atoms with Gasteiger partial charge in [0.05, 0.1) is 18.4 Å². The fourth-order valence-corrected chi connectivity index (χ4v) is 1.71. The average molecular weight is 247 g/mol. The monoisotopic (exact) mass is 247 g/mol. The molecular formula is C13H17N3O2. The number of hydrogen-bond donors (Lipinski definition) is 4. The van der Waals surface area contributed by atoms with E-state index in [2.05, 4.69) is 15.5 Å². The predicted octanol–water partition coefficient (Wildman–Crippen LogP) is 1.15. The van der Waals surface area contributed by atoms with Crippen LogP contribution in [0.4, 0.5) is 5.69 Å². The number of hydrogen-bond acceptors (Lipinski definition) is 4. The van der Waals surface area contributed by atoms with Crippen LogP contribution in [0, 0.1) is 6.92 Å². The highest BCUT2D eigenvalue weighted by molar-refractivity contribution is 5.75. The fourth-order valence-electron chi connectivity index (χ4n) is 1.71. The van der Waals surface area contributed by atoms with Gasteiger partial charge < -0.3 is 15.5 Å². The number of aryl methyl sites for hydroxylation is 1. The van der Waals surface area contributed by atoms with Crippen LogP contribution >= 0.6 is 0 Å². The number of para-hydroxylation sites is 1. The molecule has 2 aromatic rings. The molecule has 0 aliphatic heterocycles. The molecule has 0 aliphatic rings. The zero-order chi connectivity index (χ0) is 13.0. The van der Waals surface area contributed by atoms with Gasteiger partial charge in [0.25, 0.3) is 0 Å². The van der Waals surface area contributed by atoms with E-state index in [1.54, 1.807) is 0 Å². The summed E-state index contributed by atoms with van der Waals surface area (Å²) in [5.74, 6) is 0. The second kappa shape index (κ2) is 5.66. The van der Waals surface area contributed by atoms with Gasteiger partial charge in [-0.15, -0.1) is 0 Å². The lowest BCUT2D eigenvalue weighted by Crippen LogP contribution is -2.23. The molecule has 2 rings (SSSR count). The lowest BCUT2D eigenvalue weighted by molar-refractivity contribution is 0.105. The fraction of sp³-hybridized carbons (Fsp3) is 0.308. The molecule has 0 fully saturated rings. The summed E-state index contributed by atoms with van der Waals surface area (Å²) >= 11 is 0. The quantitative estimate of drug-likeness (QED) is 0.639. The van der Waals surface area contributed by atoms with E-state index < -0.39 is 6.10 Å². The summed E-state index contributed by atoms with van der Waals surface area (Å²) < 4.78 is 0. The summed E-state index contributed by atoms with van der Waals surface area (Å²) in [6.45, 7) is 2.00. The van der Waals surface area contributed by atoms with Gasteiger partial charge in [-0.1, -0.05) is 18.2 Å². The van der Waals surface area contributed by atoms with Gasteiger partial charge in [0.1, 0.15) is 0 Å². The van der Waals surface area contributed by atoms with Crippen LogP contribution in [-0.4, -0.2) is 39.7 Å². The molecule has 0 saturated heterocycles. The van der Waals surface area contributed by atoms with Gasteiger partial charge in [0, 0.05) is 23.5 Å². The highest BCUT2D eigenvalue weighted by Crippen LogP contribution is 2.26. The first-order valence-electron chi connectivity index (χ1n) is 5.85. The number of aliphatic hydroxyl groups excluding tert-OH is 2. The van der Waals surface area contributed by atoms with E-state index in [1.807, 2.05) is 37.3 Å². The Bertz CT molecular complexity index is 510. The van der Waals surface area contributed by atoms with E-state index in [9.17, 15) is 5.11 Å². The standard InChI is InChI=1S/C13H17N3O2/c1-9-6-13(16-15-9)11-4-2-3-5-12(11)14-7-10(18)8-17/h2-6,10,14,17-18H,7-8H2,1H3,(H,15,16). The van der Waals surface area contributed by atoms with Crippen LogP contribution in [0.5, 0.6) is 0 Å². The van der Waals surface area contributed by atoms with Crippen LogP contribution < -0.4 is 5.32 Å². The van der Waals surface area contributed by atoms with Gasteiger partial charge in [0.15, 0.2) is 0 Å². The first kappa shape index (κ1) is 12.6. The molecule has 0 aliphatic carbocycles. The normalized spacial score (nSPS) is 12.4. The van der Waals surface area contributed by atoms with Gasteiger partial charge in [-0.3, -0.25) is 5.10 Å². The molecule has 0 bridgehead atoms.